The molecule has 8 heteroatoms. The summed E-state index contributed by atoms with van der Waals surface area (Å²) in [5.41, 5.74) is 3.53. The zero-order valence-corrected chi connectivity index (χ0v) is 16.7. The van der Waals surface area contributed by atoms with Gasteiger partial charge in [0.25, 0.3) is 11.8 Å². The number of amides is 2. The van der Waals surface area contributed by atoms with E-state index in [1.54, 1.807) is 12.1 Å². The minimum absolute atomic E-state index is 0.0377. The van der Waals surface area contributed by atoms with Crippen LogP contribution in [0.3, 0.4) is 0 Å². The van der Waals surface area contributed by atoms with Crippen LogP contribution in [0.15, 0.2) is 53.4 Å². The van der Waals surface area contributed by atoms with E-state index in [0.717, 1.165) is 34.5 Å². The Hall–Kier alpha value is -2.84. The lowest BCUT2D eigenvalue weighted by molar-refractivity contribution is -0.123. The number of thioether (sulfide) groups is 1. The first kappa shape index (κ1) is 19.9. The number of ether oxygens (including phenoxy) is 1. The van der Waals surface area contributed by atoms with Crippen LogP contribution in [0.25, 0.3) is 6.08 Å². The van der Waals surface area contributed by atoms with Gasteiger partial charge < -0.3 is 9.84 Å². The van der Waals surface area contributed by atoms with Crippen LogP contribution in [0.4, 0.5) is 0 Å². The second-order valence-electron chi connectivity index (χ2n) is 5.93. The molecule has 1 fully saturated rings. The van der Waals surface area contributed by atoms with E-state index in [2.05, 4.69) is 5.43 Å². The fourth-order valence-electron chi connectivity index (χ4n) is 2.41. The number of hydrogen-bond donors (Lipinski definition) is 2. The van der Waals surface area contributed by atoms with Crippen LogP contribution in [0, 0.1) is 0 Å². The summed E-state index contributed by atoms with van der Waals surface area (Å²) in [6.07, 6.45) is 2.64. The van der Waals surface area contributed by atoms with Gasteiger partial charge in [0.15, 0.2) is 4.32 Å². The Labute approximate surface area is 172 Å². The molecule has 0 spiro atoms. The van der Waals surface area contributed by atoms with Gasteiger partial charge in [0, 0.05) is 5.56 Å². The monoisotopic (exact) mass is 414 g/mol. The fourth-order valence-corrected chi connectivity index (χ4v) is 3.59. The summed E-state index contributed by atoms with van der Waals surface area (Å²) in [5, 5.41) is 10.5. The molecule has 1 saturated heterocycles. The number of phenolic OH excluding ortho intramolecular Hbond substituents is 1. The van der Waals surface area contributed by atoms with E-state index in [1.807, 2.05) is 31.2 Å². The molecule has 1 aliphatic rings. The molecule has 2 aromatic rings. The molecule has 2 N–H and O–H groups in total. The summed E-state index contributed by atoms with van der Waals surface area (Å²) in [6, 6.07) is 13.2. The normalized spacial score (nSPS) is 15.2. The van der Waals surface area contributed by atoms with Crippen molar-refractivity contribution in [3.63, 3.8) is 0 Å². The van der Waals surface area contributed by atoms with Crippen LogP contribution in [0.1, 0.15) is 29.3 Å². The summed E-state index contributed by atoms with van der Waals surface area (Å²) in [7, 11) is 0. The van der Waals surface area contributed by atoms with Gasteiger partial charge >= 0.3 is 0 Å². The fraction of sp³-hybridized carbons (Fsp3) is 0.150. The highest BCUT2D eigenvalue weighted by Gasteiger charge is 2.33. The predicted octanol–water partition coefficient (Wildman–Crippen LogP) is 3.73. The predicted molar refractivity (Wildman–Crippen MR) is 113 cm³/mol. The van der Waals surface area contributed by atoms with Crippen molar-refractivity contribution in [3.05, 3.63) is 64.6 Å². The minimum Gasteiger partial charge on any atom is -0.508 e. The third kappa shape index (κ3) is 4.71. The Morgan fingerprint density at radius 1 is 1.29 bits per heavy atom. The average molecular weight is 415 g/mol. The van der Waals surface area contributed by atoms with Crippen molar-refractivity contribution in [2.24, 2.45) is 0 Å². The Bertz CT molecular complexity index is 941. The largest absolute Gasteiger partial charge is 0.508 e. The van der Waals surface area contributed by atoms with E-state index in [0.29, 0.717) is 11.5 Å². The van der Waals surface area contributed by atoms with Gasteiger partial charge in [-0.3, -0.25) is 15.0 Å². The maximum absolute atomic E-state index is 12.6. The highest BCUT2D eigenvalue weighted by molar-refractivity contribution is 8.26. The van der Waals surface area contributed by atoms with Crippen molar-refractivity contribution < 1.29 is 19.4 Å². The van der Waals surface area contributed by atoms with Crippen molar-refractivity contribution >= 4 is 46.2 Å². The second kappa shape index (κ2) is 8.90. The highest BCUT2D eigenvalue weighted by atomic mass is 32.2. The third-order valence-electron chi connectivity index (χ3n) is 3.77. The van der Waals surface area contributed by atoms with Gasteiger partial charge in [0.1, 0.15) is 11.5 Å². The first-order chi connectivity index (χ1) is 13.5. The number of aromatic hydroxyl groups is 1. The molecule has 1 aliphatic heterocycles. The molecule has 28 heavy (non-hydrogen) atoms. The number of phenols is 1. The van der Waals surface area contributed by atoms with Crippen LogP contribution >= 0.6 is 24.0 Å². The lowest BCUT2D eigenvalue weighted by Crippen LogP contribution is -2.44. The van der Waals surface area contributed by atoms with Crippen molar-refractivity contribution in [1.29, 1.82) is 0 Å². The van der Waals surface area contributed by atoms with Crippen molar-refractivity contribution in [2.75, 3.05) is 6.61 Å². The number of nitrogens with one attached hydrogen (secondary N) is 1. The van der Waals surface area contributed by atoms with Gasteiger partial charge in [-0.05, 0) is 60.6 Å². The zero-order valence-electron chi connectivity index (χ0n) is 15.0. The van der Waals surface area contributed by atoms with Gasteiger partial charge in [-0.15, -0.1) is 0 Å². The van der Waals surface area contributed by atoms with E-state index < -0.39 is 11.8 Å². The van der Waals surface area contributed by atoms with Crippen molar-refractivity contribution in [2.45, 2.75) is 13.3 Å². The van der Waals surface area contributed by atoms with Gasteiger partial charge in [-0.25, -0.2) is 0 Å². The lowest BCUT2D eigenvalue weighted by Gasteiger charge is -2.15. The van der Waals surface area contributed by atoms with Crippen LogP contribution in [-0.4, -0.2) is 32.9 Å². The second-order valence-corrected chi connectivity index (χ2v) is 7.60. The molecule has 0 aromatic heterocycles. The standard InChI is InChI=1S/C20H18N2O4S2/c1-2-10-26-16-8-6-13(7-9-16)11-17-19(25)22(20(27)28-17)21-18(24)14-4-3-5-15(23)12-14/h3-9,11-12,23H,2,10H2,1H3,(H,21,24)/b17-11-. The smallest absolute Gasteiger partial charge is 0.285 e. The summed E-state index contributed by atoms with van der Waals surface area (Å²) < 4.78 is 5.77. The molecule has 144 valence electrons. The number of hydrogen-bond acceptors (Lipinski definition) is 6. The molecule has 0 saturated carbocycles. The number of carbonyl (C=O) groups is 2. The topological polar surface area (TPSA) is 78.9 Å². The Balaban J connectivity index is 1.70. The van der Waals surface area contributed by atoms with Gasteiger partial charge in [-0.2, -0.15) is 5.01 Å². The number of hydrazine groups is 1. The first-order valence-corrected chi connectivity index (χ1v) is 9.81. The van der Waals surface area contributed by atoms with Crippen LogP contribution in [0.2, 0.25) is 0 Å². The van der Waals surface area contributed by atoms with Crippen molar-refractivity contribution in [1.82, 2.24) is 10.4 Å². The summed E-state index contributed by atoms with van der Waals surface area (Å²) in [5.74, 6) is -0.213. The van der Waals surface area contributed by atoms with Crippen LogP contribution in [0.5, 0.6) is 11.5 Å². The number of carbonyl (C=O) groups excluding carboxylic acids is 2. The molecule has 0 radical (unpaired) electrons. The van der Waals surface area contributed by atoms with E-state index in [-0.39, 0.29) is 15.6 Å². The summed E-state index contributed by atoms with van der Waals surface area (Å²) >= 11 is 6.33. The molecule has 3 rings (SSSR count). The molecule has 1 heterocycles. The first-order valence-electron chi connectivity index (χ1n) is 8.59. The SMILES string of the molecule is CCCOc1ccc(/C=C2\SC(=S)N(NC(=O)c3cccc(O)c3)C2=O)cc1. The zero-order chi connectivity index (χ0) is 20.1. The summed E-state index contributed by atoms with van der Waals surface area (Å²) in [6.45, 7) is 2.69. The Morgan fingerprint density at radius 2 is 2.04 bits per heavy atom. The van der Waals surface area contributed by atoms with Gasteiger partial charge in [-0.1, -0.05) is 36.9 Å². The van der Waals surface area contributed by atoms with Gasteiger partial charge in [0.2, 0.25) is 0 Å². The molecule has 6 nitrogen and oxygen atoms in total. The molecule has 0 aliphatic carbocycles. The molecular weight excluding hydrogens is 396 g/mol. The minimum atomic E-state index is -0.536. The average Bonchev–Trinajstić information content (AvgIpc) is 2.95. The maximum atomic E-state index is 12.6. The molecular formula is C20H18N2O4S2. The number of thiocarbonyl (C=S) groups is 1. The number of nitrogens with zero attached hydrogens (tertiary/aromatic N) is 1. The lowest BCUT2D eigenvalue weighted by atomic mass is 10.2. The Kier molecular flexibility index (Phi) is 6.33. The summed E-state index contributed by atoms with van der Waals surface area (Å²) in [4.78, 5) is 25.3. The Morgan fingerprint density at radius 3 is 2.71 bits per heavy atom. The van der Waals surface area contributed by atoms with Crippen LogP contribution in [-0.2, 0) is 4.79 Å². The molecule has 0 unspecified atom stereocenters. The number of benzene rings is 2. The molecule has 0 bridgehead atoms. The quantitative estimate of drug-likeness (QED) is 0.554. The van der Waals surface area contributed by atoms with Gasteiger partial charge in [0.05, 0.1) is 11.5 Å². The highest BCUT2D eigenvalue weighted by Crippen LogP contribution is 2.31. The van der Waals surface area contributed by atoms with E-state index in [4.69, 9.17) is 17.0 Å². The maximum Gasteiger partial charge on any atom is 0.285 e. The molecule has 2 aromatic carbocycles. The van der Waals surface area contributed by atoms with Crippen LogP contribution < -0.4 is 10.2 Å². The van der Waals surface area contributed by atoms with Crippen molar-refractivity contribution in [3.8, 4) is 11.5 Å². The van der Waals surface area contributed by atoms with E-state index in [9.17, 15) is 14.7 Å². The third-order valence-corrected chi connectivity index (χ3v) is 5.07. The van der Waals surface area contributed by atoms with E-state index in [1.165, 1.54) is 18.2 Å². The number of rotatable bonds is 6. The molecule has 2 amide bonds. The van der Waals surface area contributed by atoms with E-state index >= 15 is 0 Å². The molecule has 0 atom stereocenters.